The Balaban J connectivity index is 1.80. The van der Waals surface area contributed by atoms with E-state index in [0.29, 0.717) is 0 Å². The van der Waals surface area contributed by atoms with Gasteiger partial charge in [0, 0.05) is 6.20 Å². The molecule has 20 heavy (non-hydrogen) atoms. The SMILES string of the molecule is CCc1cccnc1C(N)Cc1ccc2c(c1)CCC2. The summed E-state index contributed by atoms with van der Waals surface area (Å²) in [5, 5.41) is 0. The maximum absolute atomic E-state index is 6.39. The van der Waals surface area contributed by atoms with Crippen molar-refractivity contribution in [3.8, 4) is 0 Å². The van der Waals surface area contributed by atoms with E-state index in [1.54, 1.807) is 0 Å². The molecule has 0 bridgehead atoms. The number of rotatable bonds is 4. The molecule has 2 nitrogen and oxygen atoms in total. The van der Waals surface area contributed by atoms with Crippen molar-refractivity contribution in [1.29, 1.82) is 0 Å². The van der Waals surface area contributed by atoms with Crippen LogP contribution in [-0.4, -0.2) is 4.98 Å². The summed E-state index contributed by atoms with van der Waals surface area (Å²) >= 11 is 0. The molecule has 2 N–H and O–H groups in total. The van der Waals surface area contributed by atoms with E-state index in [1.807, 2.05) is 12.3 Å². The molecule has 0 saturated heterocycles. The number of pyridine rings is 1. The van der Waals surface area contributed by atoms with E-state index < -0.39 is 0 Å². The lowest BCUT2D eigenvalue weighted by Crippen LogP contribution is -2.17. The van der Waals surface area contributed by atoms with Crippen molar-refractivity contribution in [2.24, 2.45) is 5.73 Å². The molecule has 1 aromatic carbocycles. The molecule has 1 aromatic heterocycles. The van der Waals surface area contributed by atoms with Gasteiger partial charge >= 0.3 is 0 Å². The smallest absolute Gasteiger partial charge is 0.0606 e. The van der Waals surface area contributed by atoms with Gasteiger partial charge in [-0.1, -0.05) is 31.2 Å². The molecule has 2 aromatic rings. The van der Waals surface area contributed by atoms with Crippen molar-refractivity contribution in [3.63, 3.8) is 0 Å². The fraction of sp³-hybridized carbons (Fsp3) is 0.389. The van der Waals surface area contributed by atoms with Crippen molar-refractivity contribution in [1.82, 2.24) is 4.98 Å². The van der Waals surface area contributed by atoms with Gasteiger partial charge in [0.05, 0.1) is 11.7 Å². The number of hydrogen-bond acceptors (Lipinski definition) is 2. The number of aryl methyl sites for hydroxylation is 3. The van der Waals surface area contributed by atoms with E-state index in [4.69, 9.17) is 5.73 Å². The minimum absolute atomic E-state index is 0.00870. The summed E-state index contributed by atoms with van der Waals surface area (Å²) < 4.78 is 0. The molecule has 0 spiro atoms. The topological polar surface area (TPSA) is 38.9 Å². The summed E-state index contributed by atoms with van der Waals surface area (Å²) in [7, 11) is 0. The summed E-state index contributed by atoms with van der Waals surface area (Å²) in [6.07, 6.45) is 7.46. The molecule has 1 heterocycles. The molecule has 1 aliphatic carbocycles. The van der Waals surface area contributed by atoms with Crippen LogP contribution < -0.4 is 5.73 Å². The van der Waals surface area contributed by atoms with Crippen LogP contribution in [0.3, 0.4) is 0 Å². The highest BCUT2D eigenvalue weighted by Crippen LogP contribution is 2.25. The van der Waals surface area contributed by atoms with Crippen molar-refractivity contribution in [2.75, 3.05) is 0 Å². The van der Waals surface area contributed by atoms with Gasteiger partial charge in [0.2, 0.25) is 0 Å². The predicted molar refractivity (Wildman–Crippen MR) is 82.7 cm³/mol. The normalized spacial score (nSPS) is 15.1. The maximum Gasteiger partial charge on any atom is 0.0606 e. The van der Waals surface area contributed by atoms with Gasteiger partial charge in [0.25, 0.3) is 0 Å². The van der Waals surface area contributed by atoms with Crippen molar-refractivity contribution < 1.29 is 0 Å². The molecule has 3 rings (SSSR count). The lowest BCUT2D eigenvalue weighted by Gasteiger charge is -2.15. The molecular formula is C18H22N2. The van der Waals surface area contributed by atoms with Crippen LogP contribution >= 0.6 is 0 Å². The number of benzene rings is 1. The standard InChI is InChI=1S/C18H22N2/c1-2-14-7-4-10-20-18(14)17(19)12-13-8-9-15-5-3-6-16(15)11-13/h4,7-11,17H,2-3,5-6,12,19H2,1H3. The lowest BCUT2D eigenvalue weighted by atomic mass is 9.97. The van der Waals surface area contributed by atoms with Gasteiger partial charge in [0.1, 0.15) is 0 Å². The highest BCUT2D eigenvalue weighted by atomic mass is 14.8. The number of nitrogens with zero attached hydrogens (tertiary/aromatic N) is 1. The summed E-state index contributed by atoms with van der Waals surface area (Å²) in [5.74, 6) is 0. The van der Waals surface area contributed by atoms with Crippen LogP contribution in [0.1, 0.15) is 47.3 Å². The van der Waals surface area contributed by atoms with Crippen LogP contribution in [0.2, 0.25) is 0 Å². The van der Waals surface area contributed by atoms with E-state index >= 15 is 0 Å². The molecule has 0 radical (unpaired) electrons. The third-order valence-electron chi connectivity index (χ3n) is 4.28. The van der Waals surface area contributed by atoms with Gasteiger partial charge in [-0.25, -0.2) is 0 Å². The number of hydrogen-bond donors (Lipinski definition) is 1. The van der Waals surface area contributed by atoms with Crippen LogP contribution in [-0.2, 0) is 25.7 Å². The fourth-order valence-corrected chi connectivity index (χ4v) is 3.19. The average Bonchev–Trinajstić information content (AvgIpc) is 2.94. The van der Waals surface area contributed by atoms with E-state index in [0.717, 1.165) is 18.5 Å². The zero-order valence-electron chi connectivity index (χ0n) is 12.1. The molecule has 0 fully saturated rings. The van der Waals surface area contributed by atoms with Crippen LogP contribution in [0.4, 0.5) is 0 Å². The number of aromatic nitrogens is 1. The van der Waals surface area contributed by atoms with E-state index in [9.17, 15) is 0 Å². The molecule has 0 aliphatic heterocycles. The van der Waals surface area contributed by atoms with E-state index in [1.165, 1.54) is 41.5 Å². The van der Waals surface area contributed by atoms with Gasteiger partial charge in [-0.05, 0) is 60.4 Å². The van der Waals surface area contributed by atoms with Crippen LogP contribution in [0.5, 0.6) is 0 Å². The van der Waals surface area contributed by atoms with Crippen molar-refractivity contribution in [3.05, 3.63) is 64.5 Å². The fourth-order valence-electron chi connectivity index (χ4n) is 3.19. The zero-order chi connectivity index (χ0) is 13.9. The second-order valence-electron chi connectivity index (χ2n) is 5.67. The summed E-state index contributed by atoms with van der Waals surface area (Å²) in [4.78, 5) is 4.49. The molecule has 1 unspecified atom stereocenters. The summed E-state index contributed by atoms with van der Waals surface area (Å²) in [5.41, 5.74) is 13.1. The predicted octanol–water partition coefficient (Wildman–Crippen LogP) is 3.38. The Morgan fingerprint density at radius 1 is 1.20 bits per heavy atom. The van der Waals surface area contributed by atoms with Gasteiger partial charge in [-0.3, -0.25) is 4.98 Å². The molecule has 104 valence electrons. The van der Waals surface area contributed by atoms with Crippen LogP contribution in [0.15, 0.2) is 36.5 Å². The van der Waals surface area contributed by atoms with Gasteiger partial charge in [-0.2, -0.15) is 0 Å². The Morgan fingerprint density at radius 3 is 2.90 bits per heavy atom. The first kappa shape index (κ1) is 13.3. The Kier molecular flexibility index (Phi) is 3.83. The largest absolute Gasteiger partial charge is 0.322 e. The molecule has 1 aliphatic rings. The lowest BCUT2D eigenvalue weighted by molar-refractivity contribution is 0.685. The van der Waals surface area contributed by atoms with Crippen molar-refractivity contribution >= 4 is 0 Å². The Morgan fingerprint density at radius 2 is 2.05 bits per heavy atom. The van der Waals surface area contributed by atoms with Crippen molar-refractivity contribution in [2.45, 2.75) is 45.1 Å². The minimum atomic E-state index is -0.00870. The summed E-state index contributed by atoms with van der Waals surface area (Å²) in [6.45, 7) is 2.16. The minimum Gasteiger partial charge on any atom is -0.322 e. The average molecular weight is 266 g/mol. The monoisotopic (exact) mass is 266 g/mol. The van der Waals surface area contributed by atoms with E-state index in [-0.39, 0.29) is 6.04 Å². The second-order valence-corrected chi connectivity index (χ2v) is 5.67. The Hall–Kier alpha value is -1.67. The highest BCUT2D eigenvalue weighted by molar-refractivity contribution is 5.36. The first-order valence-electron chi connectivity index (χ1n) is 7.58. The van der Waals surface area contributed by atoms with Gasteiger partial charge in [0.15, 0.2) is 0 Å². The highest BCUT2D eigenvalue weighted by Gasteiger charge is 2.15. The first-order valence-corrected chi connectivity index (χ1v) is 7.58. The second kappa shape index (κ2) is 5.76. The molecule has 1 atom stereocenters. The maximum atomic E-state index is 6.39. The zero-order valence-corrected chi connectivity index (χ0v) is 12.1. The first-order chi connectivity index (χ1) is 9.78. The molecule has 2 heteroatoms. The molecule has 0 amide bonds. The van der Waals surface area contributed by atoms with Gasteiger partial charge < -0.3 is 5.73 Å². The number of fused-ring (bicyclic) bond motifs is 1. The number of nitrogens with two attached hydrogens (primary N) is 1. The quantitative estimate of drug-likeness (QED) is 0.921. The Bertz CT molecular complexity index is 604. The van der Waals surface area contributed by atoms with Gasteiger partial charge in [-0.15, -0.1) is 0 Å². The molecular weight excluding hydrogens is 244 g/mol. The van der Waals surface area contributed by atoms with E-state index in [2.05, 4.69) is 36.2 Å². The summed E-state index contributed by atoms with van der Waals surface area (Å²) in [6, 6.07) is 11.0. The Labute approximate surface area is 121 Å². The van der Waals surface area contributed by atoms with Crippen LogP contribution in [0, 0.1) is 0 Å². The third kappa shape index (κ3) is 2.61. The third-order valence-corrected chi connectivity index (χ3v) is 4.28. The molecule has 0 saturated carbocycles. The van der Waals surface area contributed by atoms with Crippen LogP contribution in [0.25, 0.3) is 0 Å².